The Balaban J connectivity index is 0.000000112. The highest BCUT2D eigenvalue weighted by Crippen LogP contribution is 2.35. The fraction of sp³-hybridized carbons (Fsp3) is 0.291. The van der Waals surface area contributed by atoms with Gasteiger partial charge in [0.2, 0.25) is 0 Å². The summed E-state index contributed by atoms with van der Waals surface area (Å²) in [6.07, 6.45) is 26.5. The van der Waals surface area contributed by atoms with E-state index in [1.54, 1.807) is 98.8 Å². The summed E-state index contributed by atoms with van der Waals surface area (Å²) in [4.78, 5) is 119. The number of halogens is 5. The molecule has 0 radical (unpaired) electrons. The van der Waals surface area contributed by atoms with Crippen molar-refractivity contribution in [2.75, 3.05) is 136 Å². The molecule has 0 amide bonds. The highest BCUT2D eigenvalue weighted by atomic mass is 19.1. The van der Waals surface area contributed by atoms with Crippen LogP contribution in [0.3, 0.4) is 0 Å². The Morgan fingerprint density at radius 1 is 0.388 bits per heavy atom. The van der Waals surface area contributed by atoms with E-state index in [2.05, 4.69) is 141 Å². The molecule has 19 aromatic rings. The van der Waals surface area contributed by atoms with Crippen LogP contribution in [0.5, 0.6) is 5.75 Å². The maximum absolute atomic E-state index is 14.5. The number of imidazole rings is 2. The van der Waals surface area contributed by atoms with Gasteiger partial charge < -0.3 is 62.0 Å². The average Bonchev–Trinajstić information content (AvgIpc) is 1.76. The van der Waals surface area contributed by atoms with Crippen LogP contribution >= 0.6 is 0 Å². The summed E-state index contributed by atoms with van der Waals surface area (Å²) in [7, 11) is 14.1. The van der Waals surface area contributed by atoms with Gasteiger partial charge in [0.25, 0.3) is 27.8 Å². The average molecular weight is 1990 g/mol. The molecule has 3 fully saturated rings. The van der Waals surface area contributed by atoms with Gasteiger partial charge in [-0.1, -0.05) is 18.2 Å². The smallest absolute Gasteiger partial charge is 0.259 e. The summed E-state index contributed by atoms with van der Waals surface area (Å²) < 4.78 is 98.6. The number of methoxy groups -OCH3 is 1. The number of nitrogens with one attached hydrogen (secondary N) is 1. The number of piperazine rings is 1. The van der Waals surface area contributed by atoms with E-state index in [4.69, 9.17) is 18.6 Å². The molecular formula is C110H109F5N24O8. The number of aryl methyl sites for hydroxylation is 4. The lowest BCUT2D eigenvalue weighted by molar-refractivity contribution is 0.234. The molecule has 0 saturated carbocycles. The van der Waals surface area contributed by atoms with Crippen molar-refractivity contribution in [1.82, 2.24) is 101 Å². The monoisotopic (exact) mass is 1990 g/mol. The summed E-state index contributed by atoms with van der Waals surface area (Å²) in [6.45, 7) is 19.3. The Labute approximate surface area is 839 Å². The third kappa shape index (κ3) is 20.9. The number of oxazole rings is 2. The number of fused-ring (bicyclic) bond motifs is 9. The fourth-order valence-corrected chi connectivity index (χ4v) is 19.6. The highest BCUT2D eigenvalue weighted by Gasteiger charge is 2.28. The third-order valence-electron chi connectivity index (χ3n) is 27.9. The number of hydrogen-bond acceptors (Lipinski definition) is 25. The molecule has 5 aliphatic heterocycles. The molecule has 37 heteroatoms. The number of likely N-dealkylation sites (N-methyl/N-ethyl adjacent to an activating group) is 2. The molecule has 147 heavy (non-hydrogen) atoms. The van der Waals surface area contributed by atoms with Gasteiger partial charge in [-0.25, -0.2) is 66.8 Å². The molecule has 16 aromatic heterocycles. The molecule has 24 rings (SSSR count). The van der Waals surface area contributed by atoms with Crippen LogP contribution in [0.25, 0.3) is 129 Å². The largest absolute Gasteiger partial charge is 0.494 e. The fourth-order valence-electron chi connectivity index (χ4n) is 19.6. The van der Waals surface area contributed by atoms with Gasteiger partial charge in [0, 0.05) is 206 Å². The van der Waals surface area contributed by atoms with Crippen LogP contribution < -0.4 is 52.5 Å². The lowest BCUT2D eigenvalue weighted by atomic mass is 10.0. The molecule has 1 N–H and O–H groups in total. The van der Waals surface area contributed by atoms with Gasteiger partial charge in [-0.05, 0) is 251 Å². The molecule has 3 aromatic carbocycles. The number of anilines is 3. The second-order valence-corrected chi connectivity index (χ2v) is 38.4. The normalized spacial score (nSPS) is 15.7. The van der Waals surface area contributed by atoms with Crippen molar-refractivity contribution in [3.63, 3.8) is 0 Å². The lowest BCUT2D eigenvalue weighted by Gasteiger charge is -2.39. The lowest BCUT2D eigenvalue weighted by Crippen LogP contribution is -2.50. The van der Waals surface area contributed by atoms with Crippen LogP contribution in [0, 0.1) is 56.8 Å². The van der Waals surface area contributed by atoms with Gasteiger partial charge >= 0.3 is 0 Å². The zero-order chi connectivity index (χ0) is 103. The standard InChI is InChI=1S/C23H25FN6O.C22H23FN6O.C22H19FN4O2.C22H25FN4O2.C21H17FN4O2/c1-15-12-29-13-16(10-19(24)23(29)25-15)20-11-22(31)30-14-18(4-5-21(30)26-20)28-8-6-17(7-9-28)27(2)3;1-14-10-28-12-16(8-18(23)22(28)24-14)19-9-21(30)29-13-17(4-5-20(29)25-19)27-7-6-26(3)15(2)11-27;1-13-24-22-17(23)9-16(10-19(22)29-13)18-11-21(28)27-12-15(3-4-20(27)25-18)14-5-7-26(2)8-6-14;1-25(2)17-8-10-26(11-9-17)21-13-22(28)27-14-16(5-7-20(27)24-21)15-4-6-19(29-3)18(23)12-15;1-12-24-21-16(22)8-15(9-18(21)28-12)17-10-20(27)26-11-14(2-3-19(26)25-17)13-4-6-23-7-5-13/h4-5,10-14,17H,6-9H2,1-3H3;4-5,8-10,12-13,15H,6-7,11H2,1-3H3;3-5,9-12H,6-8H2,1-2H3;4-7,12-14,17H,8-11H2,1-3H3;2-4,8-11,23H,5-7H2,1H3/t;15-;;;/m.1.../s1. The zero-order valence-corrected chi connectivity index (χ0v) is 83.4. The highest BCUT2D eigenvalue weighted by molar-refractivity contribution is 5.83. The Morgan fingerprint density at radius 3 is 1.27 bits per heavy atom. The minimum absolute atomic E-state index is 0.143. The number of ether oxygens (including phenoxy) is 1. The topological polar surface area (TPSA) is 302 Å². The molecule has 5 aliphatic rings. The van der Waals surface area contributed by atoms with Crippen LogP contribution in [-0.2, 0) is 0 Å². The van der Waals surface area contributed by atoms with Crippen LogP contribution in [0.4, 0.5) is 39.1 Å². The first-order chi connectivity index (χ1) is 70.8. The van der Waals surface area contributed by atoms with E-state index in [9.17, 15) is 45.9 Å². The molecule has 1 atom stereocenters. The summed E-state index contributed by atoms with van der Waals surface area (Å²) in [6, 6.07) is 41.4. The van der Waals surface area contributed by atoms with Gasteiger partial charge in [-0.2, -0.15) is 0 Å². The Bertz CT molecular complexity index is 8740. The second-order valence-electron chi connectivity index (χ2n) is 38.4. The van der Waals surface area contributed by atoms with E-state index in [0.717, 1.165) is 156 Å². The van der Waals surface area contributed by atoms with E-state index in [1.807, 2.05) is 93.2 Å². The van der Waals surface area contributed by atoms with E-state index >= 15 is 0 Å². The van der Waals surface area contributed by atoms with Gasteiger partial charge in [-0.3, -0.25) is 46.0 Å². The van der Waals surface area contributed by atoms with Crippen molar-refractivity contribution in [3.8, 4) is 61.9 Å². The van der Waals surface area contributed by atoms with Crippen molar-refractivity contribution < 1.29 is 35.5 Å². The molecule has 32 nitrogen and oxygen atoms in total. The number of piperidine rings is 2. The van der Waals surface area contributed by atoms with E-state index in [1.165, 1.54) is 86.1 Å². The van der Waals surface area contributed by atoms with Crippen LogP contribution in [0.15, 0.2) is 246 Å². The van der Waals surface area contributed by atoms with Crippen molar-refractivity contribution in [2.24, 2.45) is 0 Å². The molecule has 0 unspecified atom stereocenters. The number of aromatic nitrogens is 16. The van der Waals surface area contributed by atoms with E-state index in [-0.39, 0.29) is 55.9 Å². The summed E-state index contributed by atoms with van der Waals surface area (Å²) in [5.74, 6) is -0.638. The first kappa shape index (κ1) is 98.3. The second kappa shape index (κ2) is 41.2. The number of nitrogens with zero attached hydrogens (tertiary/aromatic N) is 23. The Morgan fingerprint density at radius 2 is 0.810 bits per heavy atom. The summed E-state index contributed by atoms with van der Waals surface area (Å²) in [5, 5.41) is 3.28. The number of hydrogen-bond donors (Lipinski definition) is 1. The first-order valence-electron chi connectivity index (χ1n) is 48.8. The first-order valence-corrected chi connectivity index (χ1v) is 48.8. The number of pyridine rings is 7. The van der Waals surface area contributed by atoms with Crippen LogP contribution in [0.2, 0.25) is 0 Å². The van der Waals surface area contributed by atoms with Crippen molar-refractivity contribution in [1.29, 1.82) is 0 Å². The van der Waals surface area contributed by atoms with Crippen LogP contribution in [-0.4, -0.2) is 235 Å². The van der Waals surface area contributed by atoms with Gasteiger partial charge in [0.1, 0.15) is 45.1 Å². The predicted molar refractivity (Wildman–Crippen MR) is 560 cm³/mol. The molecule has 21 heterocycles. The Hall–Kier alpha value is -16.1. The summed E-state index contributed by atoms with van der Waals surface area (Å²) in [5.41, 5.74) is 16.3. The minimum Gasteiger partial charge on any atom is -0.494 e. The Kier molecular flexibility index (Phi) is 27.6. The van der Waals surface area contributed by atoms with E-state index in [0.29, 0.717) is 120 Å². The summed E-state index contributed by atoms with van der Waals surface area (Å²) >= 11 is 0. The van der Waals surface area contributed by atoms with Gasteiger partial charge in [0.05, 0.1) is 52.6 Å². The molecular weight excluding hydrogens is 1880 g/mol. The molecule has 3 saturated heterocycles. The van der Waals surface area contributed by atoms with Crippen molar-refractivity contribution >= 4 is 90.1 Å². The number of benzene rings is 3. The van der Waals surface area contributed by atoms with Gasteiger partial charge in [0.15, 0.2) is 69.1 Å². The minimum atomic E-state index is -0.500. The number of rotatable bonds is 13. The van der Waals surface area contributed by atoms with E-state index < -0.39 is 29.1 Å². The van der Waals surface area contributed by atoms with Gasteiger partial charge in [-0.15, -0.1) is 0 Å². The maximum atomic E-state index is 14.5. The molecule has 0 bridgehead atoms. The predicted octanol–water partition coefficient (Wildman–Crippen LogP) is 15.6. The van der Waals surface area contributed by atoms with Crippen molar-refractivity contribution in [3.05, 3.63) is 329 Å². The molecule has 752 valence electrons. The van der Waals surface area contributed by atoms with Crippen LogP contribution in [0.1, 0.15) is 79.7 Å². The molecule has 0 spiro atoms. The zero-order valence-electron chi connectivity index (χ0n) is 83.4. The third-order valence-corrected chi connectivity index (χ3v) is 27.9. The maximum Gasteiger partial charge on any atom is 0.259 e. The molecule has 0 aliphatic carbocycles. The van der Waals surface area contributed by atoms with Crippen molar-refractivity contribution in [2.45, 2.75) is 91.3 Å². The quantitative estimate of drug-likeness (QED) is 0.105. The SMILES string of the molecule is COc1ccc(-c2ccc3nc(N4CCC(N(C)C)CC4)cc(=O)n3c2)cc1F.Cc1cn2cc(-c3cc(=O)n4cc(N5CCC(N(C)C)CC5)ccc4n3)cc(F)c2n1.Cc1cn2cc(-c3cc(=O)n4cc(N5CCN(C)[C@H](C)C5)ccc4n3)cc(F)c2n1.Cc1nc2c(F)cc(-c3cc(=O)n4cc(C5=CCN(C)CC5)ccc4n3)cc2o1.Cc1nc2c(F)cc(-c3cc(=O)n4cc(C5=CCNCC5)ccc4n3)cc2o1.